The summed E-state index contributed by atoms with van der Waals surface area (Å²) in [5.41, 5.74) is 5.07. The van der Waals surface area contributed by atoms with Crippen molar-refractivity contribution in [1.82, 2.24) is 0 Å². The number of amides is 1. The number of sulfone groups is 1. The van der Waals surface area contributed by atoms with Crippen LogP contribution in [0.25, 0.3) is 0 Å². The maximum absolute atomic E-state index is 13.5. The summed E-state index contributed by atoms with van der Waals surface area (Å²) in [5, 5.41) is 0.789. The van der Waals surface area contributed by atoms with Gasteiger partial charge in [0.15, 0.2) is 15.6 Å². The van der Waals surface area contributed by atoms with Crippen LogP contribution >= 0.6 is 11.6 Å². The number of sulfonamides is 1. The second kappa shape index (κ2) is 9.45. The predicted molar refractivity (Wildman–Crippen MR) is 129 cm³/mol. The summed E-state index contributed by atoms with van der Waals surface area (Å²) >= 11 is 6.35. The molecule has 1 heterocycles. The zero-order valence-electron chi connectivity index (χ0n) is 19.3. The molecule has 0 saturated heterocycles. The summed E-state index contributed by atoms with van der Waals surface area (Å²) in [5.74, 6) is -0.794. The number of halogens is 2. The Morgan fingerprint density at radius 2 is 1.83 bits per heavy atom. The summed E-state index contributed by atoms with van der Waals surface area (Å²) in [6, 6.07) is 6.66. The first kappa shape index (κ1) is 27.0. The third-order valence-electron chi connectivity index (χ3n) is 4.82. The van der Waals surface area contributed by atoms with E-state index in [2.05, 4.69) is 5.32 Å². The van der Waals surface area contributed by atoms with Crippen molar-refractivity contribution in [2.45, 2.75) is 42.7 Å². The van der Waals surface area contributed by atoms with E-state index in [4.69, 9.17) is 26.8 Å². The van der Waals surface area contributed by atoms with Crippen LogP contribution in [0.4, 0.5) is 20.6 Å². The normalized spacial score (nSPS) is 17.2. The van der Waals surface area contributed by atoms with Crippen LogP contribution in [0, 0.1) is 5.82 Å². The SMILES string of the molecule is CC(C)(C)OC(=O)Nc1cc(Cl)c2c(c1)N(S(=O)(=O)c1ccc(F)cc1)CC(C(N)S(C)(=O)=O)O2. The molecule has 2 unspecified atom stereocenters. The predicted octanol–water partition coefficient (Wildman–Crippen LogP) is 3.11. The number of nitrogens with two attached hydrogens (primary N) is 1. The minimum atomic E-state index is -4.36. The van der Waals surface area contributed by atoms with Crippen LogP contribution < -0.4 is 20.1 Å². The van der Waals surface area contributed by atoms with E-state index in [0.29, 0.717) is 0 Å². The van der Waals surface area contributed by atoms with E-state index in [9.17, 15) is 26.0 Å². The number of ether oxygens (including phenoxy) is 2. The van der Waals surface area contributed by atoms with Crippen molar-refractivity contribution in [1.29, 1.82) is 0 Å². The number of nitrogens with zero attached hydrogens (tertiary/aromatic N) is 1. The molecule has 1 amide bonds. The fraction of sp³-hybridized carbons (Fsp3) is 0.381. The van der Waals surface area contributed by atoms with Gasteiger partial charge in [-0.1, -0.05) is 11.6 Å². The van der Waals surface area contributed by atoms with Gasteiger partial charge in [0.05, 0.1) is 22.2 Å². The van der Waals surface area contributed by atoms with Gasteiger partial charge < -0.3 is 15.2 Å². The standard InChI is InChI=1S/C21H25ClFN3O7S2/c1-21(2,3)33-20(27)25-13-9-15(22)18-16(10-13)26(11-17(32-18)19(24)34(4,28)29)35(30,31)14-7-5-12(23)6-8-14/h5-10,17,19H,11,24H2,1-4H3,(H,25,27). The Hall–Kier alpha value is -2.61. The Morgan fingerprint density at radius 3 is 2.37 bits per heavy atom. The molecule has 3 N–H and O–H groups in total. The monoisotopic (exact) mass is 549 g/mol. The number of hydrogen-bond donors (Lipinski definition) is 2. The van der Waals surface area contributed by atoms with Gasteiger partial charge in [-0.05, 0) is 57.2 Å². The molecule has 0 aromatic heterocycles. The number of benzene rings is 2. The average Bonchev–Trinajstić information content (AvgIpc) is 2.70. The summed E-state index contributed by atoms with van der Waals surface area (Å²) in [4.78, 5) is 12.0. The van der Waals surface area contributed by atoms with Crippen molar-refractivity contribution in [2.75, 3.05) is 22.4 Å². The number of nitrogens with one attached hydrogen (secondary N) is 1. The largest absolute Gasteiger partial charge is 0.482 e. The molecule has 35 heavy (non-hydrogen) atoms. The lowest BCUT2D eigenvalue weighted by atomic mass is 10.2. The molecule has 10 nitrogen and oxygen atoms in total. The van der Waals surface area contributed by atoms with Gasteiger partial charge in [-0.25, -0.2) is 26.0 Å². The topological polar surface area (TPSA) is 145 Å². The van der Waals surface area contributed by atoms with Gasteiger partial charge in [0, 0.05) is 11.9 Å². The van der Waals surface area contributed by atoms with Gasteiger partial charge in [-0.15, -0.1) is 0 Å². The van der Waals surface area contributed by atoms with Gasteiger partial charge >= 0.3 is 6.09 Å². The first-order chi connectivity index (χ1) is 16.0. The number of carbonyl (C=O) groups excluding carboxylic acids is 1. The molecule has 0 radical (unpaired) electrons. The van der Waals surface area contributed by atoms with Crippen LogP contribution in [0.3, 0.4) is 0 Å². The van der Waals surface area contributed by atoms with Crippen molar-refractivity contribution < 1.29 is 35.5 Å². The van der Waals surface area contributed by atoms with Crippen LogP contribution in [0.5, 0.6) is 5.75 Å². The van der Waals surface area contributed by atoms with Crippen molar-refractivity contribution in [3.8, 4) is 5.75 Å². The summed E-state index contributed by atoms with van der Waals surface area (Å²) < 4.78 is 76.4. The lowest BCUT2D eigenvalue weighted by Crippen LogP contribution is -2.54. The number of fused-ring (bicyclic) bond motifs is 1. The van der Waals surface area contributed by atoms with Crippen LogP contribution in [0.15, 0.2) is 41.3 Å². The molecule has 192 valence electrons. The molecule has 0 fully saturated rings. The molecule has 2 atom stereocenters. The lowest BCUT2D eigenvalue weighted by molar-refractivity contribution is 0.0636. The van der Waals surface area contributed by atoms with Crippen LogP contribution in [0.2, 0.25) is 5.02 Å². The molecule has 3 rings (SSSR count). The smallest absolute Gasteiger partial charge is 0.412 e. The van der Waals surface area contributed by atoms with E-state index in [1.54, 1.807) is 20.8 Å². The molecule has 2 aromatic carbocycles. The van der Waals surface area contributed by atoms with Gasteiger partial charge in [0.1, 0.15) is 22.9 Å². The molecule has 0 bridgehead atoms. The molecule has 0 saturated carbocycles. The summed E-state index contributed by atoms with van der Waals surface area (Å²) in [7, 11) is -8.19. The minimum absolute atomic E-state index is 0.0789. The maximum atomic E-state index is 13.5. The molecule has 0 spiro atoms. The first-order valence-corrected chi connectivity index (χ1v) is 14.0. The van der Waals surface area contributed by atoms with Gasteiger partial charge in [-0.3, -0.25) is 9.62 Å². The van der Waals surface area contributed by atoms with E-state index < -0.39 is 55.4 Å². The number of rotatable bonds is 5. The highest BCUT2D eigenvalue weighted by Gasteiger charge is 2.41. The fourth-order valence-electron chi connectivity index (χ4n) is 3.23. The number of anilines is 2. The maximum Gasteiger partial charge on any atom is 0.412 e. The average molecular weight is 550 g/mol. The lowest BCUT2D eigenvalue weighted by Gasteiger charge is -2.37. The van der Waals surface area contributed by atoms with Crippen LogP contribution in [-0.2, 0) is 24.6 Å². The van der Waals surface area contributed by atoms with E-state index >= 15 is 0 Å². The second-order valence-corrected chi connectivity index (χ2v) is 13.3. The molecule has 14 heteroatoms. The third kappa shape index (κ3) is 6.15. The van der Waals surface area contributed by atoms with Crippen molar-refractivity contribution in [3.05, 3.63) is 47.2 Å². The minimum Gasteiger partial charge on any atom is -0.482 e. The zero-order valence-corrected chi connectivity index (χ0v) is 21.7. The van der Waals surface area contributed by atoms with E-state index in [0.717, 1.165) is 34.8 Å². The van der Waals surface area contributed by atoms with E-state index in [-0.39, 0.29) is 27.0 Å². The molecule has 2 aromatic rings. The van der Waals surface area contributed by atoms with Crippen LogP contribution in [0.1, 0.15) is 20.8 Å². The van der Waals surface area contributed by atoms with Gasteiger partial charge in [0.25, 0.3) is 10.0 Å². The fourth-order valence-corrected chi connectivity index (χ4v) is 5.66. The molecule has 0 aliphatic carbocycles. The Morgan fingerprint density at radius 1 is 1.23 bits per heavy atom. The molecule has 1 aliphatic heterocycles. The van der Waals surface area contributed by atoms with Gasteiger partial charge in [-0.2, -0.15) is 0 Å². The second-order valence-electron chi connectivity index (χ2n) is 8.87. The molecular formula is C21H25ClFN3O7S2. The van der Waals surface area contributed by atoms with Crippen LogP contribution in [-0.4, -0.2) is 52.8 Å². The summed E-state index contributed by atoms with van der Waals surface area (Å²) in [6.07, 6.45) is -1.23. The first-order valence-electron chi connectivity index (χ1n) is 10.2. The highest BCUT2D eigenvalue weighted by Crippen LogP contribution is 2.44. The molecular weight excluding hydrogens is 525 g/mol. The zero-order chi connectivity index (χ0) is 26.3. The summed E-state index contributed by atoms with van der Waals surface area (Å²) in [6.45, 7) is 4.51. The quantitative estimate of drug-likeness (QED) is 0.578. The Balaban J connectivity index is 2.12. The highest BCUT2D eigenvalue weighted by atomic mass is 35.5. The Bertz CT molecular complexity index is 1340. The Labute approximate surface area is 208 Å². The van der Waals surface area contributed by atoms with E-state index in [1.807, 2.05) is 0 Å². The van der Waals surface area contributed by atoms with Crippen molar-refractivity contribution in [3.63, 3.8) is 0 Å². The van der Waals surface area contributed by atoms with Crippen molar-refractivity contribution >= 4 is 48.9 Å². The Kier molecular flexibility index (Phi) is 7.29. The number of hydrogen-bond acceptors (Lipinski definition) is 8. The molecule has 1 aliphatic rings. The number of carbonyl (C=O) groups is 1. The van der Waals surface area contributed by atoms with E-state index in [1.165, 1.54) is 12.1 Å². The highest BCUT2D eigenvalue weighted by molar-refractivity contribution is 7.93. The van der Waals surface area contributed by atoms with Gasteiger partial charge in [0.2, 0.25) is 0 Å². The van der Waals surface area contributed by atoms with Crippen molar-refractivity contribution in [2.24, 2.45) is 5.73 Å². The third-order valence-corrected chi connectivity index (χ3v) is 8.18.